The Hall–Kier alpha value is -2.71. The van der Waals surface area contributed by atoms with Gasteiger partial charge < -0.3 is 19.6 Å². The maximum atomic E-state index is 11.8. The van der Waals surface area contributed by atoms with Crippen molar-refractivity contribution in [3.05, 3.63) is 62.0 Å². The Kier molecular flexibility index (Phi) is 21.2. The first kappa shape index (κ1) is 35.5. The molecule has 0 bridgehead atoms. The number of hydrogen-bond acceptors (Lipinski definition) is 7. The Labute approximate surface area is 220 Å². The minimum absolute atomic E-state index is 0.102. The van der Waals surface area contributed by atoms with Gasteiger partial charge in [-0.2, -0.15) is 0 Å². The molecule has 36 heavy (non-hydrogen) atoms. The van der Waals surface area contributed by atoms with E-state index in [9.17, 15) is 19.5 Å². The van der Waals surface area contributed by atoms with Crippen LogP contribution >= 0.6 is 11.3 Å². The Morgan fingerprint density at radius 1 is 1.22 bits per heavy atom. The van der Waals surface area contributed by atoms with Crippen LogP contribution in [-0.2, 0) is 16.0 Å². The minimum atomic E-state index is -0.804. The molecule has 2 heterocycles. The van der Waals surface area contributed by atoms with Crippen molar-refractivity contribution in [2.75, 3.05) is 14.2 Å². The van der Waals surface area contributed by atoms with E-state index in [1.165, 1.54) is 28.4 Å². The van der Waals surface area contributed by atoms with Gasteiger partial charge in [0.25, 0.3) is 0 Å². The molecule has 0 aliphatic heterocycles. The number of amides is 1. The van der Waals surface area contributed by atoms with Crippen LogP contribution in [0.4, 0.5) is 0 Å². The number of hydrogen-bond donors (Lipinski definition) is 2. The van der Waals surface area contributed by atoms with Crippen molar-refractivity contribution < 1.29 is 23.8 Å². The second-order valence-corrected chi connectivity index (χ2v) is 9.53. The van der Waals surface area contributed by atoms with Crippen molar-refractivity contribution in [1.29, 1.82) is 0 Å². The summed E-state index contributed by atoms with van der Waals surface area (Å²) >= 11 is 1.92. The van der Waals surface area contributed by atoms with Gasteiger partial charge in [0.2, 0.25) is 6.41 Å². The number of carbonyl (C=O) groups is 2. The molecule has 2 aromatic heterocycles. The van der Waals surface area contributed by atoms with E-state index in [0.29, 0.717) is 25.0 Å². The van der Waals surface area contributed by atoms with Crippen LogP contribution < -0.4 is 10.9 Å². The lowest BCUT2D eigenvalue weighted by Gasteiger charge is -2.10. The maximum Gasteiger partial charge on any atom is 0.350 e. The van der Waals surface area contributed by atoms with Crippen LogP contribution in [0.5, 0.6) is 5.75 Å². The Bertz CT molecular complexity index is 946. The number of methoxy groups -OCH3 is 1. The largest absolute Gasteiger partial charge is 0.507 e. The van der Waals surface area contributed by atoms with Crippen LogP contribution in [0, 0.1) is 12.8 Å². The molecule has 0 radical (unpaired) electrons. The minimum Gasteiger partial charge on any atom is -0.507 e. The van der Waals surface area contributed by atoms with E-state index >= 15 is 0 Å². The molecule has 204 valence electrons. The molecule has 8 heteroatoms. The zero-order valence-electron chi connectivity index (χ0n) is 23.3. The number of rotatable bonds is 10. The van der Waals surface area contributed by atoms with Crippen molar-refractivity contribution in [2.24, 2.45) is 5.92 Å². The monoisotopic (exact) mass is 523 g/mol. The molecular weight excluding hydrogens is 478 g/mol. The summed E-state index contributed by atoms with van der Waals surface area (Å²) in [5.74, 6) is 0.247. The Morgan fingerprint density at radius 2 is 1.83 bits per heavy atom. The van der Waals surface area contributed by atoms with Gasteiger partial charge in [-0.05, 0) is 50.4 Å². The zero-order chi connectivity index (χ0) is 28.1. The van der Waals surface area contributed by atoms with E-state index in [2.05, 4.69) is 43.0 Å². The number of Topliss-reactive ketones (excluding diaryl/α,β-unsaturated/α-hetero) is 1. The van der Waals surface area contributed by atoms with Gasteiger partial charge in [-0.3, -0.25) is 9.59 Å². The van der Waals surface area contributed by atoms with Gasteiger partial charge in [-0.25, -0.2) is 4.79 Å². The highest BCUT2D eigenvalue weighted by atomic mass is 32.1. The maximum absolute atomic E-state index is 11.8. The smallest absolute Gasteiger partial charge is 0.350 e. The quantitative estimate of drug-likeness (QED) is 0.268. The van der Waals surface area contributed by atoms with Crippen molar-refractivity contribution >= 4 is 23.5 Å². The van der Waals surface area contributed by atoms with Crippen LogP contribution in [0.3, 0.4) is 0 Å². The van der Waals surface area contributed by atoms with E-state index in [1.54, 1.807) is 27.2 Å². The zero-order valence-corrected chi connectivity index (χ0v) is 24.2. The first-order chi connectivity index (χ1) is 17.1. The fourth-order valence-electron chi connectivity index (χ4n) is 2.85. The topological polar surface area (TPSA) is 106 Å². The molecule has 0 saturated carbocycles. The van der Waals surface area contributed by atoms with Gasteiger partial charge in [0.1, 0.15) is 17.1 Å². The van der Waals surface area contributed by atoms with Crippen molar-refractivity contribution in [1.82, 2.24) is 5.32 Å². The second-order valence-electron chi connectivity index (χ2n) is 8.16. The predicted molar refractivity (Wildman–Crippen MR) is 149 cm³/mol. The van der Waals surface area contributed by atoms with Gasteiger partial charge in [0.15, 0.2) is 5.78 Å². The third-order valence-electron chi connectivity index (χ3n) is 4.49. The van der Waals surface area contributed by atoms with Crippen molar-refractivity contribution in [2.45, 2.75) is 80.1 Å². The average Bonchev–Trinajstić information content (AvgIpc) is 3.24. The fourth-order valence-corrected chi connectivity index (χ4v) is 3.95. The lowest BCUT2D eigenvalue weighted by atomic mass is 10.0. The summed E-state index contributed by atoms with van der Waals surface area (Å²) < 4.78 is 9.37. The Balaban J connectivity index is 0. The molecule has 0 aromatic carbocycles. The molecule has 2 rings (SSSR count). The third-order valence-corrected chi connectivity index (χ3v) is 5.51. The molecular formula is C28H45NO6S. The van der Waals surface area contributed by atoms with E-state index in [1.807, 2.05) is 32.1 Å². The summed E-state index contributed by atoms with van der Waals surface area (Å²) in [4.78, 5) is 36.3. The standard InChI is InChI=1S/C15H19NO5.C9H14S.C2H6O.C2H6/c1-3-11(18)14-12(19)8-13(21-15(14)20)10(2)6-4-5-7-16-9-17;1-7(2)6-9-5-4-8(3)10-9;1-3-2;1-2/h5,7-10,19H,3-4,6H2,1-2H3,(H,16,17);4-5,7H,6H2,1-3H3;1-2H3;1-2H3/b7-5+;;;. The molecule has 0 aliphatic rings. The molecule has 0 fully saturated rings. The first-order valence-electron chi connectivity index (χ1n) is 12.3. The van der Waals surface area contributed by atoms with Crippen LogP contribution in [0.25, 0.3) is 0 Å². The molecule has 2 aromatic rings. The van der Waals surface area contributed by atoms with E-state index in [-0.39, 0.29) is 23.7 Å². The summed E-state index contributed by atoms with van der Waals surface area (Å²) in [6.45, 7) is 14.1. The van der Waals surface area contributed by atoms with Gasteiger partial charge in [-0.1, -0.05) is 47.6 Å². The lowest BCUT2D eigenvalue weighted by Crippen LogP contribution is -2.15. The predicted octanol–water partition coefficient (Wildman–Crippen LogP) is 6.63. The Morgan fingerprint density at radius 3 is 2.28 bits per heavy atom. The van der Waals surface area contributed by atoms with Gasteiger partial charge in [0, 0.05) is 42.4 Å². The number of thiophene rings is 1. The second kappa shape index (κ2) is 21.6. The van der Waals surface area contributed by atoms with Crippen LogP contribution in [0.1, 0.15) is 92.6 Å². The number of nitrogens with one attached hydrogen (secondary N) is 1. The highest BCUT2D eigenvalue weighted by molar-refractivity contribution is 7.11. The SMILES string of the molecule is CC.CCC(=O)c1c(O)cc(C(C)CC/C=C/NC=O)oc1=O.COC.Cc1ccc(CC(C)C)s1. The van der Waals surface area contributed by atoms with E-state index < -0.39 is 11.4 Å². The number of carbonyl (C=O) groups excluding carboxylic acids is 2. The number of ether oxygens (including phenoxy) is 1. The number of aryl methyl sites for hydroxylation is 1. The molecule has 1 amide bonds. The molecule has 1 atom stereocenters. The lowest BCUT2D eigenvalue weighted by molar-refractivity contribution is -0.108. The van der Waals surface area contributed by atoms with Gasteiger partial charge in [-0.15, -0.1) is 11.3 Å². The number of ketones is 1. The molecule has 2 N–H and O–H groups in total. The summed E-state index contributed by atoms with van der Waals surface area (Å²) in [5.41, 5.74) is -1.09. The fraction of sp³-hybridized carbons (Fsp3) is 0.536. The van der Waals surface area contributed by atoms with Crippen LogP contribution in [-0.4, -0.2) is 31.5 Å². The first-order valence-corrected chi connectivity index (χ1v) is 13.1. The normalized spacial score (nSPS) is 10.8. The van der Waals surface area contributed by atoms with Crippen LogP contribution in [0.15, 0.2) is 39.7 Å². The van der Waals surface area contributed by atoms with Gasteiger partial charge >= 0.3 is 5.63 Å². The molecule has 0 spiro atoms. The van der Waals surface area contributed by atoms with Crippen molar-refractivity contribution in [3.63, 3.8) is 0 Å². The van der Waals surface area contributed by atoms with Crippen LogP contribution in [0.2, 0.25) is 0 Å². The number of aromatic hydroxyl groups is 1. The third kappa shape index (κ3) is 15.3. The average molecular weight is 524 g/mol. The summed E-state index contributed by atoms with van der Waals surface area (Å²) in [5, 5.41) is 12.2. The molecule has 1 unspecified atom stereocenters. The summed E-state index contributed by atoms with van der Waals surface area (Å²) in [6, 6.07) is 5.75. The summed E-state index contributed by atoms with van der Waals surface area (Å²) in [6.07, 6.45) is 6.57. The highest BCUT2D eigenvalue weighted by Gasteiger charge is 2.19. The van der Waals surface area contributed by atoms with Crippen molar-refractivity contribution in [3.8, 4) is 5.75 Å². The van der Waals surface area contributed by atoms with E-state index in [4.69, 9.17) is 4.42 Å². The highest BCUT2D eigenvalue weighted by Crippen LogP contribution is 2.25. The molecule has 0 aliphatic carbocycles. The van der Waals surface area contributed by atoms with E-state index in [0.717, 1.165) is 5.92 Å². The van der Waals surface area contributed by atoms with Gasteiger partial charge in [0.05, 0.1) is 0 Å². The molecule has 0 saturated heterocycles. The molecule has 7 nitrogen and oxygen atoms in total. The number of allylic oxidation sites excluding steroid dienone is 1. The summed E-state index contributed by atoms with van der Waals surface area (Å²) in [7, 11) is 3.25.